The smallest absolute Gasteiger partial charge is 0.475 e. The van der Waals surface area contributed by atoms with Gasteiger partial charge in [-0.2, -0.15) is 23.4 Å². The summed E-state index contributed by atoms with van der Waals surface area (Å²) in [6.45, 7) is 9.75. The number of carboxylic acid groups (broad SMARTS) is 1. The first kappa shape index (κ1) is 30.4. The van der Waals surface area contributed by atoms with E-state index in [0.29, 0.717) is 21.7 Å². The lowest BCUT2D eigenvalue weighted by atomic mass is 10.2. The lowest BCUT2D eigenvalue weighted by Crippen LogP contribution is -2.45. The van der Waals surface area contributed by atoms with E-state index >= 15 is 0 Å². The monoisotopic (exact) mass is 605 g/mol. The molecule has 202 valence electrons. The van der Waals surface area contributed by atoms with Crippen molar-refractivity contribution in [2.75, 3.05) is 44.8 Å². The third-order valence-electron chi connectivity index (χ3n) is 4.97. The average Bonchev–Trinajstić information content (AvgIpc) is 3.28. The van der Waals surface area contributed by atoms with Crippen LogP contribution in [-0.4, -0.2) is 82.7 Å². The highest BCUT2D eigenvalue weighted by atomic mass is 79.9. The number of thiophene rings is 1. The van der Waals surface area contributed by atoms with Crippen molar-refractivity contribution in [3.8, 4) is 6.07 Å². The normalized spacial score (nSPS) is 14.5. The maximum absolute atomic E-state index is 12.9. The minimum Gasteiger partial charge on any atom is -0.475 e. The van der Waals surface area contributed by atoms with Crippen molar-refractivity contribution in [2.45, 2.75) is 26.6 Å². The highest BCUT2D eigenvalue weighted by Gasteiger charge is 2.38. The molecule has 0 aromatic carbocycles. The maximum Gasteiger partial charge on any atom is 0.490 e. The van der Waals surface area contributed by atoms with E-state index in [-0.39, 0.29) is 17.6 Å². The number of halogens is 4. The Kier molecular flexibility index (Phi) is 11.2. The summed E-state index contributed by atoms with van der Waals surface area (Å²) < 4.78 is 32.4. The number of hydrogen-bond acceptors (Lipinski definition) is 9. The molecule has 3 heterocycles. The zero-order chi connectivity index (χ0) is 27.8. The van der Waals surface area contributed by atoms with Gasteiger partial charge < -0.3 is 10.0 Å². The van der Waals surface area contributed by atoms with Gasteiger partial charge in [-0.1, -0.05) is 13.8 Å². The minimum absolute atomic E-state index is 0.0572. The van der Waals surface area contributed by atoms with Crippen molar-refractivity contribution in [3.05, 3.63) is 38.4 Å². The Morgan fingerprint density at radius 2 is 1.92 bits per heavy atom. The summed E-state index contributed by atoms with van der Waals surface area (Å²) >= 11 is 4.94. The third-order valence-corrected chi connectivity index (χ3v) is 6.60. The molecule has 0 spiro atoms. The Balaban J connectivity index is 0.000000604. The first-order chi connectivity index (χ1) is 17.3. The molecule has 0 unspecified atom stereocenters. The number of carboxylic acids is 1. The van der Waals surface area contributed by atoms with Gasteiger partial charge in [0.15, 0.2) is 5.82 Å². The van der Waals surface area contributed by atoms with Crippen LogP contribution in [-0.2, 0) is 11.3 Å². The summed E-state index contributed by atoms with van der Waals surface area (Å²) in [5.41, 5.74) is 2.95. The number of piperazine rings is 1. The number of alkyl halides is 3. The molecule has 1 fully saturated rings. The summed E-state index contributed by atoms with van der Waals surface area (Å²) in [5, 5.41) is 17.9. The molecule has 3 rings (SSSR count). The van der Waals surface area contributed by atoms with Gasteiger partial charge in [0, 0.05) is 50.3 Å². The molecular weight excluding hydrogens is 579 g/mol. The minimum atomic E-state index is -5.08. The lowest BCUT2D eigenvalue weighted by molar-refractivity contribution is -0.192. The number of hydrogen-bond donors (Lipinski definition) is 2. The van der Waals surface area contributed by atoms with Crippen molar-refractivity contribution in [3.63, 3.8) is 0 Å². The summed E-state index contributed by atoms with van der Waals surface area (Å²) in [7, 11) is 2.14. The maximum atomic E-state index is 12.9. The molecule has 15 heteroatoms. The fourth-order valence-corrected chi connectivity index (χ4v) is 4.49. The number of anilines is 1. The summed E-state index contributed by atoms with van der Waals surface area (Å²) in [6.07, 6.45) is -3.56. The van der Waals surface area contributed by atoms with Crippen LogP contribution in [0, 0.1) is 17.2 Å². The second-order valence-electron chi connectivity index (χ2n) is 8.57. The van der Waals surface area contributed by atoms with Gasteiger partial charge in [0.1, 0.15) is 6.07 Å². The number of nitrogens with one attached hydrogen (secondary N) is 1. The predicted molar refractivity (Wildman–Crippen MR) is 135 cm³/mol. The molecule has 0 bridgehead atoms. The van der Waals surface area contributed by atoms with Crippen LogP contribution in [0.4, 0.5) is 19.0 Å². The first-order valence-corrected chi connectivity index (χ1v) is 12.7. The van der Waals surface area contributed by atoms with E-state index in [0.717, 1.165) is 32.7 Å². The Labute approximate surface area is 224 Å². The van der Waals surface area contributed by atoms with Crippen molar-refractivity contribution in [2.24, 2.45) is 5.92 Å². The molecule has 1 saturated heterocycles. The first-order valence-electron chi connectivity index (χ1n) is 11.1. The second-order valence-corrected chi connectivity index (χ2v) is 10.6. The predicted octanol–water partition coefficient (Wildman–Crippen LogP) is 3.36. The number of likely N-dealkylation sites (N-methyl/N-ethyl adjacent to an activating group) is 1. The highest BCUT2D eigenvalue weighted by Crippen LogP contribution is 2.24. The molecule has 10 nitrogen and oxygen atoms in total. The van der Waals surface area contributed by atoms with Crippen LogP contribution in [0.3, 0.4) is 0 Å². The van der Waals surface area contributed by atoms with E-state index < -0.39 is 12.1 Å². The Bertz CT molecular complexity index is 1120. The molecule has 37 heavy (non-hydrogen) atoms. The van der Waals surface area contributed by atoms with Crippen molar-refractivity contribution < 1.29 is 27.9 Å². The molecule has 1 aliphatic heterocycles. The molecule has 1 aliphatic rings. The number of carbonyl (C=O) groups excluding carboxylic acids is 1. The third kappa shape index (κ3) is 9.88. The standard InChI is InChI=1S/C20H26BrN7OS.C2HF3O2/c1-14(2)12-28(19-16(21)11-23-18(10-22)24-19)25-20(29)17-5-4-15(30-17)13-27-8-6-26(3)7-9-27;3-2(4,5)1(6)7/h4-5,11,14H,6-9,12-13H2,1-3H3,(H,25,29);(H,6,7). The number of nitrogens with zero attached hydrogens (tertiary/aromatic N) is 6. The summed E-state index contributed by atoms with van der Waals surface area (Å²) in [4.78, 5) is 36.6. The Morgan fingerprint density at radius 3 is 2.46 bits per heavy atom. The van der Waals surface area contributed by atoms with Gasteiger partial charge in [-0.25, -0.2) is 9.78 Å². The SMILES string of the molecule is CC(C)CN(NC(=O)c1ccc(CN2CCN(C)CC2)s1)c1nc(C#N)ncc1Br.O=C(O)C(F)(F)F. The number of aliphatic carboxylic acids is 1. The van der Waals surface area contributed by atoms with E-state index in [4.69, 9.17) is 15.2 Å². The molecule has 0 atom stereocenters. The van der Waals surface area contributed by atoms with Crippen LogP contribution in [0.2, 0.25) is 0 Å². The van der Waals surface area contributed by atoms with Gasteiger partial charge in [-0.15, -0.1) is 11.3 Å². The fraction of sp³-hybridized carbons (Fsp3) is 0.500. The number of amides is 1. The van der Waals surface area contributed by atoms with Crippen LogP contribution >= 0.6 is 27.3 Å². The van der Waals surface area contributed by atoms with Gasteiger partial charge in [0.25, 0.3) is 5.91 Å². The molecule has 0 aliphatic carbocycles. The largest absolute Gasteiger partial charge is 0.490 e. The van der Waals surface area contributed by atoms with E-state index in [1.54, 1.807) is 5.01 Å². The zero-order valence-corrected chi connectivity index (χ0v) is 22.8. The second kappa shape index (κ2) is 13.7. The Morgan fingerprint density at radius 1 is 1.30 bits per heavy atom. The van der Waals surface area contributed by atoms with Crippen LogP contribution in [0.25, 0.3) is 0 Å². The molecule has 0 saturated carbocycles. The molecule has 2 aromatic heterocycles. The fourth-order valence-electron chi connectivity index (χ4n) is 3.14. The van der Waals surface area contributed by atoms with Gasteiger partial charge in [-0.05, 0) is 41.0 Å². The number of rotatable bonds is 7. The van der Waals surface area contributed by atoms with Crippen LogP contribution < -0.4 is 10.4 Å². The molecular formula is C22H27BrF3N7O3S. The van der Waals surface area contributed by atoms with Gasteiger partial charge >= 0.3 is 12.1 Å². The molecule has 2 aromatic rings. The Hall–Kier alpha value is -2.80. The van der Waals surface area contributed by atoms with Gasteiger partial charge in [0.2, 0.25) is 5.82 Å². The average molecular weight is 606 g/mol. The van der Waals surface area contributed by atoms with E-state index in [9.17, 15) is 18.0 Å². The summed E-state index contributed by atoms with van der Waals surface area (Å²) in [6, 6.07) is 5.84. The van der Waals surface area contributed by atoms with Crippen molar-refractivity contribution >= 4 is 45.0 Å². The summed E-state index contributed by atoms with van der Waals surface area (Å²) in [5.74, 6) is -2.14. The van der Waals surface area contributed by atoms with Crippen LogP contribution in [0.15, 0.2) is 22.8 Å². The number of aromatic nitrogens is 2. The zero-order valence-electron chi connectivity index (χ0n) is 20.4. The topological polar surface area (TPSA) is 126 Å². The van der Waals surface area contributed by atoms with Crippen LogP contribution in [0.5, 0.6) is 0 Å². The van der Waals surface area contributed by atoms with E-state index in [2.05, 4.69) is 62.0 Å². The highest BCUT2D eigenvalue weighted by molar-refractivity contribution is 9.10. The van der Waals surface area contributed by atoms with Crippen molar-refractivity contribution in [1.29, 1.82) is 5.26 Å². The van der Waals surface area contributed by atoms with E-state index in [1.807, 2.05) is 18.2 Å². The van der Waals surface area contributed by atoms with Gasteiger partial charge in [0.05, 0.1) is 9.35 Å². The van der Waals surface area contributed by atoms with Crippen molar-refractivity contribution in [1.82, 2.24) is 25.2 Å². The number of carbonyl (C=O) groups is 2. The van der Waals surface area contributed by atoms with E-state index in [1.165, 1.54) is 22.4 Å². The number of hydrazine groups is 1. The quantitative estimate of drug-likeness (QED) is 0.457. The molecule has 1 amide bonds. The molecule has 2 N–H and O–H groups in total. The van der Waals surface area contributed by atoms with Crippen LogP contribution in [0.1, 0.15) is 34.2 Å². The molecule has 0 radical (unpaired) electrons. The van der Waals surface area contributed by atoms with Gasteiger partial charge in [-0.3, -0.25) is 20.1 Å². The lowest BCUT2D eigenvalue weighted by Gasteiger charge is -2.31. The number of nitriles is 1.